The zero-order valence-electron chi connectivity index (χ0n) is 19.6. The van der Waals surface area contributed by atoms with Crippen molar-refractivity contribution in [1.82, 2.24) is 9.88 Å². The van der Waals surface area contributed by atoms with Gasteiger partial charge in [-0.15, -0.1) is 0 Å². The highest BCUT2D eigenvalue weighted by Gasteiger charge is 2.46. The summed E-state index contributed by atoms with van der Waals surface area (Å²) in [7, 11) is 0. The number of nitrogens with zero attached hydrogens (tertiary/aromatic N) is 2. The molecule has 0 saturated carbocycles. The summed E-state index contributed by atoms with van der Waals surface area (Å²) in [5.74, 6) is -1.26. The number of ketones is 1. The molecule has 0 radical (unpaired) electrons. The first-order chi connectivity index (χ1) is 16.8. The van der Waals surface area contributed by atoms with Gasteiger partial charge in [0.2, 0.25) is 0 Å². The zero-order chi connectivity index (χ0) is 24.9. The number of halogens is 1. The molecule has 0 bridgehead atoms. The van der Waals surface area contributed by atoms with Crippen LogP contribution in [0.4, 0.5) is 4.39 Å². The van der Waals surface area contributed by atoms with Crippen molar-refractivity contribution in [3.8, 4) is 5.75 Å². The second-order valence-corrected chi connectivity index (χ2v) is 8.90. The van der Waals surface area contributed by atoms with Crippen LogP contribution in [0.5, 0.6) is 5.75 Å². The van der Waals surface area contributed by atoms with Gasteiger partial charge < -0.3 is 14.7 Å². The molecule has 180 valence electrons. The van der Waals surface area contributed by atoms with Crippen LogP contribution in [0.1, 0.15) is 43.0 Å². The van der Waals surface area contributed by atoms with E-state index in [-0.39, 0.29) is 23.4 Å². The number of likely N-dealkylation sites (tertiary alicyclic amines) is 1. The number of aliphatic hydroxyl groups excluding tert-OH is 1. The number of carbonyl (C=O) groups is 2. The average molecular weight is 475 g/mol. The van der Waals surface area contributed by atoms with Crippen LogP contribution in [0.2, 0.25) is 0 Å². The minimum atomic E-state index is -0.853. The van der Waals surface area contributed by atoms with Crippen LogP contribution in [0.3, 0.4) is 0 Å². The highest BCUT2D eigenvalue weighted by atomic mass is 19.1. The van der Waals surface area contributed by atoms with Gasteiger partial charge in [0, 0.05) is 24.5 Å². The Labute approximate surface area is 203 Å². The maximum atomic E-state index is 13.5. The van der Waals surface area contributed by atoms with E-state index < -0.39 is 23.5 Å². The first kappa shape index (κ1) is 24.1. The fraction of sp³-hybridized carbons (Fsp3) is 0.250. The van der Waals surface area contributed by atoms with Crippen molar-refractivity contribution in [2.75, 3.05) is 6.61 Å². The molecule has 4 rings (SSSR count). The lowest BCUT2D eigenvalue weighted by Crippen LogP contribution is -2.29. The van der Waals surface area contributed by atoms with Gasteiger partial charge in [0.1, 0.15) is 17.3 Å². The molecule has 35 heavy (non-hydrogen) atoms. The zero-order valence-corrected chi connectivity index (χ0v) is 19.6. The van der Waals surface area contributed by atoms with Crippen molar-refractivity contribution in [2.45, 2.75) is 32.9 Å². The van der Waals surface area contributed by atoms with E-state index in [0.717, 1.165) is 12.0 Å². The lowest BCUT2D eigenvalue weighted by Gasteiger charge is -2.25. The predicted octanol–water partition coefficient (Wildman–Crippen LogP) is 5.27. The van der Waals surface area contributed by atoms with Crippen molar-refractivity contribution in [2.24, 2.45) is 5.92 Å². The molecular weight excluding hydrogens is 447 g/mol. The first-order valence-electron chi connectivity index (χ1n) is 11.5. The van der Waals surface area contributed by atoms with E-state index in [1.165, 1.54) is 29.2 Å². The number of aliphatic hydroxyl groups is 1. The molecule has 2 aromatic carbocycles. The Balaban J connectivity index is 1.78. The van der Waals surface area contributed by atoms with E-state index in [2.05, 4.69) is 18.8 Å². The molecule has 1 amide bonds. The summed E-state index contributed by atoms with van der Waals surface area (Å²) in [5.41, 5.74) is 1.56. The van der Waals surface area contributed by atoms with Crippen molar-refractivity contribution < 1.29 is 23.8 Å². The Morgan fingerprint density at radius 2 is 1.89 bits per heavy atom. The molecule has 1 N–H and O–H groups in total. The average Bonchev–Trinajstić information content (AvgIpc) is 3.09. The van der Waals surface area contributed by atoms with E-state index in [1.54, 1.807) is 36.7 Å². The number of aromatic nitrogens is 1. The standard InChI is InChI=1S/C28H27FN2O4/c1-18(2)12-14-35-23-7-3-6-21(15-23)25-24(26(32)20-8-10-22(29)11-9-20)27(33)28(34)31(25)17-19-5-4-13-30-16-19/h3-11,13,15-16,18,25,32H,12,14,17H2,1-2H3. The van der Waals surface area contributed by atoms with Gasteiger partial charge >= 0.3 is 0 Å². The summed E-state index contributed by atoms with van der Waals surface area (Å²) < 4.78 is 19.4. The molecular formula is C28H27FN2O4. The SMILES string of the molecule is CC(C)CCOc1cccc(C2C(=C(O)c3ccc(F)cc3)C(=O)C(=O)N2Cc2cccnc2)c1. The summed E-state index contributed by atoms with van der Waals surface area (Å²) in [5, 5.41) is 11.1. The number of rotatable bonds is 8. The van der Waals surface area contributed by atoms with Crippen molar-refractivity contribution >= 4 is 17.4 Å². The molecule has 3 aromatic rings. The van der Waals surface area contributed by atoms with E-state index in [1.807, 2.05) is 12.1 Å². The molecule has 7 heteroatoms. The third-order valence-electron chi connectivity index (χ3n) is 5.87. The van der Waals surface area contributed by atoms with Crippen LogP contribution in [0.25, 0.3) is 5.76 Å². The highest BCUT2D eigenvalue weighted by molar-refractivity contribution is 6.46. The normalized spacial score (nSPS) is 17.3. The molecule has 2 heterocycles. The van der Waals surface area contributed by atoms with E-state index in [4.69, 9.17) is 4.74 Å². The minimum Gasteiger partial charge on any atom is -0.507 e. The molecule has 0 aliphatic carbocycles. The number of Topliss-reactive ketones (excluding diaryl/α,β-unsaturated/α-hetero) is 1. The van der Waals surface area contributed by atoms with Crippen molar-refractivity contribution in [3.63, 3.8) is 0 Å². The first-order valence-corrected chi connectivity index (χ1v) is 11.5. The Hall–Kier alpha value is -4.00. The fourth-order valence-electron chi connectivity index (χ4n) is 4.03. The Kier molecular flexibility index (Phi) is 7.25. The smallest absolute Gasteiger partial charge is 0.295 e. The van der Waals surface area contributed by atoms with Gasteiger partial charge in [0.15, 0.2) is 0 Å². The van der Waals surface area contributed by atoms with Gasteiger partial charge in [0.05, 0.1) is 18.2 Å². The molecule has 0 spiro atoms. The third-order valence-corrected chi connectivity index (χ3v) is 5.87. The number of pyridine rings is 1. The molecule has 1 aliphatic heterocycles. The summed E-state index contributed by atoms with van der Waals surface area (Å²) >= 11 is 0. The van der Waals surface area contributed by atoms with Crippen LogP contribution in [0, 0.1) is 11.7 Å². The maximum absolute atomic E-state index is 13.5. The van der Waals surface area contributed by atoms with Gasteiger partial charge in [-0.1, -0.05) is 32.0 Å². The van der Waals surface area contributed by atoms with Gasteiger partial charge in [-0.25, -0.2) is 4.39 Å². The number of benzene rings is 2. The molecule has 1 unspecified atom stereocenters. The lowest BCUT2D eigenvalue weighted by molar-refractivity contribution is -0.140. The molecule has 1 fully saturated rings. The number of amides is 1. The molecule has 1 saturated heterocycles. The summed E-state index contributed by atoms with van der Waals surface area (Å²) in [6, 6.07) is 15.0. The quantitative estimate of drug-likeness (QED) is 0.273. The van der Waals surface area contributed by atoms with Gasteiger partial charge in [0.25, 0.3) is 11.7 Å². The summed E-state index contributed by atoms with van der Waals surface area (Å²) in [4.78, 5) is 31.8. The summed E-state index contributed by atoms with van der Waals surface area (Å²) in [6.07, 6.45) is 4.14. The van der Waals surface area contributed by atoms with Gasteiger partial charge in [-0.3, -0.25) is 14.6 Å². The monoisotopic (exact) mass is 474 g/mol. The van der Waals surface area contributed by atoms with Crippen LogP contribution < -0.4 is 4.74 Å². The Morgan fingerprint density at radius 3 is 2.57 bits per heavy atom. The van der Waals surface area contributed by atoms with Crippen molar-refractivity contribution in [3.05, 3.63) is 101 Å². The van der Waals surface area contributed by atoms with Crippen molar-refractivity contribution in [1.29, 1.82) is 0 Å². The Bertz CT molecular complexity index is 1240. The van der Waals surface area contributed by atoms with Crippen LogP contribution >= 0.6 is 0 Å². The lowest BCUT2D eigenvalue weighted by atomic mass is 9.95. The number of carbonyl (C=O) groups excluding carboxylic acids is 2. The molecule has 6 nitrogen and oxygen atoms in total. The summed E-state index contributed by atoms with van der Waals surface area (Å²) in [6.45, 7) is 4.89. The predicted molar refractivity (Wildman–Crippen MR) is 130 cm³/mol. The topological polar surface area (TPSA) is 79.7 Å². The number of hydrogen-bond acceptors (Lipinski definition) is 5. The fourth-order valence-corrected chi connectivity index (χ4v) is 4.03. The van der Waals surface area contributed by atoms with E-state index in [0.29, 0.717) is 23.8 Å². The maximum Gasteiger partial charge on any atom is 0.295 e. The third kappa shape index (κ3) is 5.40. The van der Waals surface area contributed by atoms with Gasteiger partial charge in [-0.05, 0) is 65.9 Å². The number of hydrogen-bond donors (Lipinski definition) is 1. The second kappa shape index (κ2) is 10.5. The van der Waals surface area contributed by atoms with E-state index in [9.17, 15) is 19.1 Å². The van der Waals surface area contributed by atoms with Crippen LogP contribution in [-0.2, 0) is 16.1 Å². The minimum absolute atomic E-state index is 0.0511. The van der Waals surface area contributed by atoms with Crippen LogP contribution in [-0.4, -0.2) is 33.3 Å². The Morgan fingerprint density at radius 1 is 1.11 bits per heavy atom. The van der Waals surface area contributed by atoms with Gasteiger partial charge in [-0.2, -0.15) is 0 Å². The van der Waals surface area contributed by atoms with E-state index >= 15 is 0 Å². The molecule has 1 aliphatic rings. The second-order valence-electron chi connectivity index (χ2n) is 8.90. The molecule has 1 atom stereocenters. The molecule has 1 aromatic heterocycles. The van der Waals surface area contributed by atoms with Crippen LogP contribution in [0.15, 0.2) is 78.6 Å². The highest BCUT2D eigenvalue weighted by Crippen LogP contribution is 2.41. The largest absolute Gasteiger partial charge is 0.507 e. The number of ether oxygens (including phenoxy) is 1.